The Hall–Kier alpha value is -1.88. The van der Waals surface area contributed by atoms with Gasteiger partial charge in [0.15, 0.2) is 0 Å². The first kappa shape index (κ1) is 15.0. The molecule has 22 heavy (non-hydrogen) atoms. The van der Waals surface area contributed by atoms with Gasteiger partial charge in [-0.2, -0.15) is 0 Å². The lowest BCUT2D eigenvalue weighted by molar-refractivity contribution is 1.46. The summed E-state index contributed by atoms with van der Waals surface area (Å²) in [4.78, 5) is 2.10. The fourth-order valence-electron chi connectivity index (χ4n) is 2.45. The minimum Gasteiger partial charge on any atom is -0.383 e. The number of hydrogen-bond acceptors (Lipinski definition) is 3. The molecule has 0 aliphatic carbocycles. The lowest BCUT2D eigenvalue weighted by Gasteiger charge is -1.97. The first-order chi connectivity index (χ1) is 10.2. The summed E-state index contributed by atoms with van der Waals surface area (Å²) in [6.45, 7) is 0. The van der Waals surface area contributed by atoms with Crippen molar-refractivity contribution in [1.29, 1.82) is 5.41 Å². The van der Waals surface area contributed by atoms with E-state index >= 15 is 0 Å². The number of fused-ring (bicyclic) bond motifs is 2. The van der Waals surface area contributed by atoms with Crippen LogP contribution >= 0.6 is 35.1 Å². The molecule has 110 valence electrons. The van der Waals surface area contributed by atoms with Crippen molar-refractivity contribution in [2.45, 2.75) is 0 Å². The van der Waals surface area contributed by atoms with Crippen LogP contribution in [0.1, 0.15) is 4.88 Å². The van der Waals surface area contributed by atoms with E-state index in [-0.39, 0.29) is 18.2 Å². The number of amidine groups is 1. The Morgan fingerprint density at radius 2 is 1.64 bits per heavy atom. The summed E-state index contributed by atoms with van der Waals surface area (Å²) in [5.41, 5.74) is 6.79. The van der Waals surface area contributed by atoms with Crippen LogP contribution in [0.15, 0.2) is 54.6 Å². The van der Waals surface area contributed by atoms with Crippen molar-refractivity contribution >= 4 is 61.1 Å². The predicted octanol–water partition coefficient (Wildman–Crippen LogP) is 5.49. The lowest BCUT2D eigenvalue weighted by Crippen LogP contribution is -2.08. The van der Waals surface area contributed by atoms with Gasteiger partial charge in [0.05, 0.1) is 4.88 Å². The molecule has 2 aromatic carbocycles. The minimum atomic E-state index is 0. The van der Waals surface area contributed by atoms with E-state index in [9.17, 15) is 0 Å². The lowest BCUT2D eigenvalue weighted by atomic mass is 10.1. The molecule has 0 saturated heterocycles. The summed E-state index contributed by atoms with van der Waals surface area (Å²) >= 11 is 3.38. The summed E-state index contributed by atoms with van der Waals surface area (Å²) in [5.74, 6) is 0.139. The van der Waals surface area contributed by atoms with Gasteiger partial charge < -0.3 is 5.73 Å². The van der Waals surface area contributed by atoms with Crippen LogP contribution in [0.5, 0.6) is 0 Å². The highest BCUT2D eigenvalue weighted by atomic mass is 35.5. The highest BCUT2D eigenvalue weighted by Gasteiger charge is 2.08. The maximum Gasteiger partial charge on any atom is 0.133 e. The normalized spacial score (nSPS) is 10.7. The van der Waals surface area contributed by atoms with Crippen LogP contribution in [0.25, 0.3) is 30.6 Å². The van der Waals surface area contributed by atoms with Gasteiger partial charge in [0, 0.05) is 14.3 Å². The molecule has 5 heteroatoms. The van der Waals surface area contributed by atoms with Gasteiger partial charge in [0.1, 0.15) is 5.84 Å². The van der Waals surface area contributed by atoms with E-state index in [0.717, 1.165) is 10.3 Å². The number of thiophene rings is 2. The Kier molecular flexibility index (Phi) is 3.91. The quantitative estimate of drug-likeness (QED) is 0.366. The van der Waals surface area contributed by atoms with Crippen LogP contribution in [0, 0.1) is 5.41 Å². The molecule has 0 aliphatic rings. The van der Waals surface area contributed by atoms with Crippen LogP contribution in [0.2, 0.25) is 0 Å². The Labute approximate surface area is 142 Å². The molecule has 4 rings (SSSR count). The molecular weight excluding hydrogens is 332 g/mol. The van der Waals surface area contributed by atoms with Gasteiger partial charge in [0.2, 0.25) is 0 Å². The second kappa shape index (κ2) is 5.72. The second-order valence-electron chi connectivity index (χ2n) is 4.93. The molecule has 0 bridgehead atoms. The summed E-state index contributed by atoms with van der Waals surface area (Å²) in [7, 11) is 0. The van der Waals surface area contributed by atoms with Crippen LogP contribution in [0.3, 0.4) is 0 Å². The number of hydrogen-bond donors (Lipinski definition) is 2. The molecule has 0 unspecified atom stereocenters. The smallest absolute Gasteiger partial charge is 0.133 e. The minimum absolute atomic E-state index is 0. The maximum absolute atomic E-state index is 7.55. The average Bonchev–Trinajstić information content (AvgIpc) is 3.10. The summed E-state index contributed by atoms with van der Waals surface area (Å²) < 4.78 is 2.48. The molecule has 3 N–H and O–H groups in total. The van der Waals surface area contributed by atoms with Crippen LogP contribution in [0.4, 0.5) is 0 Å². The number of nitrogen functional groups attached to an aromatic ring is 1. The number of benzene rings is 2. The van der Waals surface area contributed by atoms with E-state index in [4.69, 9.17) is 11.1 Å². The highest BCUT2D eigenvalue weighted by Crippen LogP contribution is 2.36. The van der Waals surface area contributed by atoms with E-state index in [1.165, 1.54) is 25.2 Å². The van der Waals surface area contributed by atoms with Crippen molar-refractivity contribution in [3.63, 3.8) is 0 Å². The zero-order valence-electron chi connectivity index (χ0n) is 11.5. The molecule has 0 saturated carbocycles. The molecule has 2 aromatic heterocycles. The summed E-state index contributed by atoms with van der Waals surface area (Å²) in [5, 5.41) is 9.99. The van der Waals surface area contributed by atoms with E-state index in [1.807, 2.05) is 17.4 Å². The number of halogens is 1. The SMILES string of the molecule is Cl.N=C(N)c1cc2cc(-c3cc4ccccc4s3)ccc2s1. The molecule has 4 aromatic rings. The zero-order chi connectivity index (χ0) is 14.4. The third-order valence-corrected chi connectivity index (χ3v) is 5.81. The molecule has 2 heterocycles. The monoisotopic (exact) mass is 344 g/mol. The largest absolute Gasteiger partial charge is 0.383 e. The predicted molar refractivity (Wildman–Crippen MR) is 101 cm³/mol. The van der Waals surface area contributed by atoms with Crippen LogP contribution < -0.4 is 5.73 Å². The van der Waals surface area contributed by atoms with Gasteiger partial charge in [-0.15, -0.1) is 35.1 Å². The number of nitrogens with one attached hydrogen (secondary N) is 1. The van der Waals surface area contributed by atoms with E-state index in [0.29, 0.717) is 0 Å². The van der Waals surface area contributed by atoms with Crippen molar-refractivity contribution in [1.82, 2.24) is 0 Å². The first-order valence-electron chi connectivity index (χ1n) is 6.58. The Morgan fingerprint density at radius 3 is 2.41 bits per heavy atom. The van der Waals surface area contributed by atoms with E-state index in [2.05, 4.69) is 48.5 Å². The van der Waals surface area contributed by atoms with Crippen molar-refractivity contribution in [3.05, 3.63) is 59.5 Å². The zero-order valence-corrected chi connectivity index (χ0v) is 13.9. The molecular formula is C17H13ClN2S2. The standard InChI is InChI=1S/C17H12N2S2.ClH/c18-17(19)16-9-12-7-11(5-6-14(12)21-16)15-8-10-3-1-2-4-13(10)20-15;/h1-9H,(H3,18,19);1H. The first-order valence-corrected chi connectivity index (χ1v) is 8.21. The van der Waals surface area contributed by atoms with Gasteiger partial charge in [-0.3, -0.25) is 5.41 Å². The third-order valence-electron chi connectivity index (χ3n) is 3.49. The van der Waals surface area contributed by atoms with Crippen molar-refractivity contribution in [2.75, 3.05) is 0 Å². The van der Waals surface area contributed by atoms with Gasteiger partial charge >= 0.3 is 0 Å². The Balaban J connectivity index is 0.00000144. The van der Waals surface area contributed by atoms with E-state index < -0.39 is 0 Å². The molecule has 0 fully saturated rings. The van der Waals surface area contributed by atoms with Crippen LogP contribution in [-0.2, 0) is 0 Å². The molecule has 0 radical (unpaired) electrons. The molecule has 0 spiro atoms. The van der Waals surface area contributed by atoms with Gasteiger partial charge in [-0.25, -0.2) is 0 Å². The summed E-state index contributed by atoms with van der Waals surface area (Å²) in [6, 6.07) is 19.1. The molecule has 0 atom stereocenters. The number of rotatable bonds is 2. The molecule has 0 amide bonds. The fourth-order valence-corrected chi connectivity index (χ4v) is 4.42. The van der Waals surface area contributed by atoms with Crippen molar-refractivity contribution in [3.8, 4) is 10.4 Å². The van der Waals surface area contributed by atoms with Gasteiger partial charge in [0.25, 0.3) is 0 Å². The van der Waals surface area contributed by atoms with Crippen LogP contribution in [-0.4, -0.2) is 5.84 Å². The molecule has 2 nitrogen and oxygen atoms in total. The van der Waals surface area contributed by atoms with E-state index in [1.54, 1.807) is 11.3 Å². The van der Waals surface area contributed by atoms with Crippen molar-refractivity contribution in [2.24, 2.45) is 5.73 Å². The average molecular weight is 345 g/mol. The summed E-state index contributed by atoms with van der Waals surface area (Å²) in [6.07, 6.45) is 0. The van der Waals surface area contributed by atoms with Gasteiger partial charge in [-0.05, 0) is 46.7 Å². The number of nitrogens with two attached hydrogens (primary N) is 1. The second-order valence-corrected chi connectivity index (χ2v) is 7.09. The molecule has 0 aliphatic heterocycles. The maximum atomic E-state index is 7.55. The van der Waals surface area contributed by atoms with Gasteiger partial charge in [-0.1, -0.05) is 24.3 Å². The Bertz CT molecular complexity index is 952. The Morgan fingerprint density at radius 1 is 0.864 bits per heavy atom. The topological polar surface area (TPSA) is 49.9 Å². The fraction of sp³-hybridized carbons (Fsp3) is 0. The third kappa shape index (κ3) is 2.50. The highest BCUT2D eigenvalue weighted by molar-refractivity contribution is 7.22. The van der Waals surface area contributed by atoms with Crippen molar-refractivity contribution < 1.29 is 0 Å².